The zero-order valence-electron chi connectivity index (χ0n) is 13.5. The van der Waals surface area contributed by atoms with Crippen LogP contribution in [0.2, 0.25) is 0 Å². The Kier molecular flexibility index (Phi) is 7.24. The minimum Gasteiger partial charge on any atom is -0.481 e. The number of rotatable bonds is 7. The zero-order valence-corrected chi connectivity index (χ0v) is 15.1. The molecule has 2 N–H and O–H groups in total. The van der Waals surface area contributed by atoms with Gasteiger partial charge < -0.3 is 10.4 Å². The van der Waals surface area contributed by atoms with Gasteiger partial charge >= 0.3 is 5.97 Å². The number of hydrogen-bond donors (Lipinski definition) is 2. The van der Waals surface area contributed by atoms with E-state index in [1.807, 2.05) is 0 Å². The lowest BCUT2D eigenvalue weighted by molar-refractivity contribution is -0.136. The average Bonchev–Trinajstić information content (AvgIpc) is 2.45. The molecule has 0 aliphatic heterocycles. The molecule has 0 unspecified atom stereocenters. The Balaban J connectivity index is 3.26. The summed E-state index contributed by atoms with van der Waals surface area (Å²) in [5, 5.41) is 11.5. The minimum absolute atomic E-state index is 0.0703. The van der Waals surface area contributed by atoms with Gasteiger partial charge in [0, 0.05) is 16.9 Å². The Labute approximate surface area is 149 Å². The van der Waals surface area contributed by atoms with E-state index in [1.165, 1.54) is 32.9 Å². The molecule has 0 radical (unpaired) electrons. The summed E-state index contributed by atoms with van der Waals surface area (Å²) in [5.41, 5.74) is 0.742. The number of Topliss-reactive ketones (excluding diaryl/α,β-unsaturated/α-hetero) is 3. The van der Waals surface area contributed by atoms with Gasteiger partial charge in [-0.05, 0) is 32.9 Å². The van der Waals surface area contributed by atoms with E-state index < -0.39 is 5.97 Å². The van der Waals surface area contributed by atoms with Gasteiger partial charge in [0.05, 0.1) is 17.7 Å². The van der Waals surface area contributed by atoms with Crippen LogP contribution in [-0.4, -0.2) is 38.5 Å². The molecule has 0 bridgehead atoms. The minimum atomic E-state index is -0.947. The smallest absolute Gasteiger partial charge is 0.304 e. The van der Waals surface area contributed by atoms with E-state index in [4.69, 9.17) is 17.3 Å². The van der Waals surface area contributed by atoms with Crippen LogP contribution in [0.4, 0.5) is 5.69 Å². The highest BCUT2D eigenvalue weighted by Crippen LogP contribution is 2.28. The van der Waals surface area contributed by atoms with Crippen LogP contribution >= 0.6 is 24.0 Å². The highest BCUT2D eigenvalue weighted by molar-refractivity contribution is 8.23. The molecule has 1 rings (SSSR count). The van der Waals surface area contributed by atoms with Crippen molar-refractivity contribution in [2.75, 3.05) is 11.1 Å². The molecule has 0 amide bonds. The van der Waals surface area contributed by atoms with Gasteiger partial charge in [0.1, 0.15) is 4.32 Å². The second kappa shape index (κ2) is 8.70. The number of thiocarbonyl (C=S) groups is 1. The summed E-state index contributed by atoms with van der Waals surface area (Å²) in [5.74, 6) is -1.66. The normalized spacial score (nSPS) is 10.1. The van der Waals surface area contributed by atoms with E-state index in [9.17, 15) is 19.2 Å². The third kappa shape index (κ3) is 5.24. The van der Waals surface area contributed by atoms with Gasteiger partial charge in [0.2, 0.25) is 0 Å². The van der Waals surface area contributed by atoms with Crippen LogP contribution in [-0.2, 0) is 4.79 Å². The van der Waals surface area contributed by atoms with Crippen molar-refractivity contribution in [1.29, 1.82) is 0 Å². The van der Waals surface area contributed by atoms with Crippen LogP contribution in [0, 0.1) is 0 Å². The van der Waals surface area contributed by atoms with Crippen molar-refractivity contribution in [3.63, 3.8) is 0 Å². The van der Waals surface area contributed by atoms with Gasteiger partial charge in [0.15, 0.2) is 17.3 Å². The maximum atomic E-state index is 12.0. The van der Waals surface area contributed by atoms with Crippen LogP contribution in [0.3, 0.4) is 0 Å². The van der Waals surface area contributed by atoms with Gasteiger partial charge in [0.25, 0.3) is 0 Å². The summed E-state index contributed by atoms with van der Waals surface area (Å²) in [4.78, 5) is 46.2. The second-order valence-corrected chi connectivity index (χ2v) is 6.76. The molecule has 1 aromatic carbocycles. The average molecular weight is 367 g/mol. The molecule has 6 nitrogen and oxygen atoms in total. The molecular formula is C16H17NO5S2. The summed E-state index contributed by atoms with van der Waals surface area (Å²) in [6.07, 6.45) is -0.0703. The lowest BCUT2D eigenvalue weighted by atomic mass is 9.94. The van der Waals surface area contributed by atoms with Gasteiger partial charge in [-0.1, -0.05) is 24.0 Å². The summed E-state index contributed by atoms with van der Waals surface area (Å²) in [6.45, 7) is 3.98. The van der Waals surface area contributed by atoms with Crippen LogP contribution in [0.25, 0.3) is 0 Å². The first-order valence-corrected chi connectivity index (χ1v) is 8.40. The third-order valence-corrected chi connectivity index (χ3v) is 4.32. The Morgan fingerprint density at radius 1 is 1.04 bits per heavy atom. The maximum Gasteiger partial charge on any atom is 0.304 e. The number of carboxylic acid groups (broad SMARTS) is 1. The molecular weight excluding hydrogens is 350 g/mol. The molecule has 0 fully saturated rings. The predicted octanol–water partition coefficient (Wildman–Crippen LogP) is 3.20. The van der Waals surface area contributed by atoms with Gasteiger partial charge in [-0.3, -0.25) is 19.2 Å². The lowest BCUT2D eigenvalue weighted by Crippen LogP contribution is -2.16. The number of aliphatic carboxylic acids is 1. The fourth-order valence-corrected chi connectivity index (χ4v) is 3.04. The number of anilines is 1. The number of carbonyl (C=O) groups excluding carboxylic acids is 3. The molecule has 0 atom stereocenters. The van der Waals surface area contributed by atoms with Crippen LogP contribution < -0.4 is 5.32 Å². The zero-order chi connectivity index (χ0) is 18.4. The maximum absolute atomic E-state index is 12.0. The monoisotopic (exact) mass is 367 g/mol. The first-order chi connectivity index (χ1) is 11.1. The number of ketones is 3. The molecule has 0 saturated heterocycles. The molecule has 24 heavy (non-hydrogen) atoms. The van der Waals surface area contributed by atoms with Crippen LogP contribution in [0.5, 0.6) is 0 Å². The Bertz CT molecular complexity index is 727. The van der Waals surface area contributed by atoms with Crippen LogP contribution in [0.15, 0.2) is 12.1 Å². The van der Waals surface area contributed by atoms with Gasteiger partial charge in [-0.25, -0.2) is 0 Å². The Morgan fingerprint density at radius 3 is 2.04 bits per heavy atom. The van der Waals surface area contributed by atoms with Crippen molar-refractivity contribution < 1.29 is 24.3 Å². The van der Waals surface area contributed by atoms with Gasteiger partial charge in [-0.2, -0.15) is 0 Å². The fraction of sp³-hybridized carbons (Fsp3) is 0.312. The molecule has 0 saturated carbocycles. The first-order valence-electron chi connectivity index (χ1n) is 7.00. The standard InChI is InChI=1S/C16H17NO5S2/c1-8(18)11-4-5-12(9(2)19)15(14(11)10(3)20)17-16(23)24-7-6-13(21)22/h4-5H,6-7H2,1-3H3,(H,17,23)(H,21,22). The molecule has 1 aromatic rings. The van der Waals surface area contributed by atoms with Crippen LogP contribution in [0.1, 0.15) is 58.3 Å². The summed E-state index contributed by atoms with van der Waals surface area (Å²) in [6, 6.07) is 2.92. The van der Waals surface area contributed by atoms with E-state index >= 15 is 0 Å². The summed E-state index contributed by atoms with van der Waals surface area (Å²) >= 11 is 6.23. The molecule has 0 aromatic heterocycles. The lowest BCUT2D eigenvalue weighted by Gasteiger charge is -2.16. The molecule has 0 aliphatic rings. The molecule has 128 valence electrons. The predicted molar refractivity (Wildman–Crippen MR) is 97.4 cm³/mol. The number of nitrogens with one attached hydrogen (secondary N) is 1. The number of thioether (sulfide) groups is 1. The highest BCUT2D eigenvalue weighted by atomic mass is 32.2. The first kappa shape index (κ1) is 20.0. The van der Waals surface area contributed by atoms with Crippen molar-refractivity contribution in [3.8, 4) is 0 Å². The van der Waals surface area contributed by atoms with Crippen molar-refractivity contribution in [2.24, 2.45) is 0 Å². The highest BCUT2D eigenvalue weighted by Gasteiger charge is 2.22. The van der Waals surface area contributed by atoms with Crippen molar-refractivity contribution in [2.45, 2.75) is 27.2 Å². The summed E-state index contributed by atoms with van der Waals surface area (Å²) in [7, 11) is 0. The van der Waals surface area contributed by atoms with E-state index in [2.05, 4.69) is 5.32 Å². The second-order valence-electron chi connectivity index (χ2n) is 4.98. The topological polar surface area (TPSA) is 101 Å². The fourth-order valence-electron chi connectivity index (χ4n) is 2.05. The summed E-state index contributed by atoms with van der Waals surface area (Å²) < 4.78 is 0.224. The SMILES string of the molecule is CC(=O)c1ccc(C(C)=O)c(C(C)=O)c1NC(=S)SCCC(=O)O. The third-order valence-electron chi connectivity index (χ3n) is 3.09. The number of carboxylic acids is 1. The largest absolute Gasteiger partial charge is 0.481 e. The van der Waals surface area contributed by atoms with Gasteiger partial charge in [-0.15, -0.1) is 0 Å². The van der Waals surface area contributed by atoms with E-state index in [0.29, 0.717) is 0 Å². The molecule has 0 heterocycles. The van der Waals surface area contributed by atoms with E-state index in [-0.39, 0.29) is 56.2 Å². The van der Waals surface area contributed by atoms with E-state index in [0.717, 1.165) is 11.8 Å². The van der Waals surface area contributed by atoms with Crippen molar-refractivity contribution in [1.82, 2.24) is 0 Å². The molecule has 8 heteroatoms. The number of hydrogen-bond acceptors (Lipinski definition) is 6. The molecule has 0 aliphatic carbocycles. The van der Waals surface area contributed by atoms with Crippen molar-refractivity contribution in [3.05, 3.63) is 28.8 Å². The molecule has 0 spiro atoms. The Morgan fingerprint density at radius 2 is 1.58 bits per heavy atom. The number of carbonyl (C=O) groups is 4. The quantitative estimate of drug-likeness (QED) is 0.560. The number of benzene rings is 1. The van der Waals surface area contributed by atoms with E-state index in [1.54, 1.807) is 0 Å². The Hall–Kier alpha value is -2.06. The van der Waals surface area contributed by atoms with Crippen molar-refractivity contribution >= 4 is 57.3 Å².